The Morgan fingerprint density at radius 1 is 0.395 bits per heavy atom. The van der Waals surface area contributed by atoms with Gasteiger partial charge in [-0.25, -0.2) is 0 Å². The number of para-hydroxylation sites is 1. The second-order valence-corrected chi connectivity index (χ2v) is 10.5. The zero-order valence-electron chi connectivity index (χ0n) is 20.7. The van der Waals surface area contributed by atoms with Crippen LogP contribution in [0.4, 0.5) is 0 Å². The maximum Gasteiger partial charge on any atom is 0.0547 e. The Morgan fingerprint density at radius 3 is 1.74 bits per heavy atom. The van der Waals surface area contributed by atoms with E-state index in [0.717, 1.165) is 4.47 Å². The summed E-state index contributed by atoms with van der Waals surface area (Å²) in [7, 11) is 0. The van der Waals surface area contributed by atoms with Gasteiger partial charge in [0, 0.05) is 20.9 Å². The van der Waals surface area contributed by atoms with E-state index in [0.29, 0.717) is 0 Å². The van der Waals surface area contributed by atoms with Crippen LogP contribution in [-0.4, -0.2) is 4.57 Å². The second-order valence-electron chi connectivity index (χ2n) is 9.55. The van der Waals surface area contributed by atoms with Gasteiger partial charge in [0.05, 0.1) is 11.0 Å². The van der Waals surface area contributed by atoms with E-state index in [1.807, 2.05) is 0 Å². The number of fused-ring (bicyclic) bond motifs is 3. The van der Waals surface area contributed by atoms with E-state index in [1.54, 1.807) is 0 Å². The van der Waals surface area contributed by atoms with Crippen LogP contribution in [0.25, 0.3) is 60.9 Å². The number of benzene rings is 6. The summed E-state index contributed by atoms with van der Waals surface area (Å²) in [5, 5.41) is 2.52. The maximum absolute atomic E-state index is 3.57. The zero-order valence-corrected chi connectivity index (χ0v) is 22.3. The van der Waals surface area contributed by atoms with Crippen LogP contribution in [0.2, 0.25) is 0 Å². The summed E-state index contributed by atoms with van der Waals surface area (Å²) in [6, 6.07) is 52.3. The minimum atomic E-state index is 1.09. The SMILES string of the molecule is Brc1ccc(-c2ccccc2-c2ccc3c4cc(-c5ccccc5)ccc4n(-c4ccccc4)c3c2)cc1. The standard InChI is InChI=1S/C36H24BrN/c37-29-19-15-26(16-20-29)31-13-7-8-14-32(31)28-17-21-33-34-23-27(25-9-3-1-4-10-25)18-22-35(34)38(36(33)24-28)30-11-5-2-6-12-30/h1-24H. The van der Waals surface area contributed by atoms with Crippen molar-refractivity contribution in [2.24, 2.45) is 0 Å². The van der Waals surface area contributed by atoms with Gasteiger partial charge < -0.3 is 4.57 Å². The summed E-state index contributed by atoms with van der Waals surface area (Å²) in [6.07, 6.45) is 0. The molecule has 0 aliphatic rings. The third-order valence-corrected chi connectivity index (χ3v) is 7.81. The molecule has 0 aliphatic heterocycles. The molecule has 0 unspecified atom stereocenters. The van der Waals surface area contributed by atoms with Gasteiger partial charge in [0.15, 0.2) is 0 Å². The Morgan fingerprint density at radius 2 is 1.00 bits per heavy atom. The molecule has 180 valence electrons. The predicted molar refractivity (Wildman–Crippen MR) is 165 cm³/mol. The van der Waals surface area contributed by atoms with Crippen LogP contribution in [-0.2, 0) is 0 Å². The average Bonchev–Trinajstić information content (AvgIpc) is 3.31. The third-order valence-electron chi connectivity index (χ3n) is 7.28. The van der Waals surface area contributed by atoms with Crippen LogP contribution in [0, 0.1) is 0 Å². The molecule has 1 heterocycles. The van der Waals surface area contributed by atoms with Crippen LogP contribution in [0.5, 0.6) is 0 Å². The summed E-state index contributed by atoms with van der Waals surface area (Å²) in [6.45, 7) is 0. The topological polar surface area (TPSA) is 4.93 Å². The third kappa shape index (κ3) is 3.95. The normalized spacial score (nSPS) is 11.3. The average molecular weight is 550 g/mol. The van der Waals surface area contributed by atoms with Gasteiger partial charge in [-0.15, -0.1) is 0 Å². The molecule has 6 aromatic carbocycles. The molecular weight excluding hydrogens is 526 g/mol. The van der Waals surface area contributed by atoms with E-state index in [4.69, 9.17) is 0 Å². The molecule has 0 saturated carbocycles. The molecule has 2 heteroatoms. The quantitative estimate of drug-likeness (QED) is 0.205. The fourth-order valence-electron chi connectivity index (χ4n) is 5.47. The Hall–Kier alpha value is -4.40. The van der Waals surface area contributed by atoms with Crippen molar-refractivity contribution >= 4 is 37.7 Å². The van der Waals surface area contributed by atoms with E-state index in [9.17, 15) is 0 Å². The summed E-state index contributed by atoms with van der Waals surface area (Å²) < 4.78 is 3.48. The first-order valence-corrected chi connectivity index (χ1v) is 13.6. The van der Waals surface area contributed by atoms with E-state index < -0.39 is 0 Å². The molecule has 1 nitrogen and oxygen atoms in total. The Kier molecular flexibility index (Phi) is 5.68. The first-order valence-electron chi connectivity index (χ1n) is 12.8. The lowest BCUT2D eigenvalue weighted by Gasteiger charge is -2.12. The molecule has 0 N–H and O–H groups in total. The largest absolute Gasteiger partial charge is 0.309 e. The Balaban J connectivity index is 1.48. The summed E-state index contributed by atoms with van der Waals surface area (Å²) in [4.78, 5) is 0. The first-order chi connectivity index (χ1) is 18.8. The molecule has 7 rings (SSSR count). The van der Waals surface area contributed by atoms with E-state index in [1.165, 1.54) is 60.9 Å². The number of nitrogens with zero attached hydrogens (tertiary/aromatic N) is 1. The fraction of sp³-hybridized carbons (Fsp3) is 0. The summed E-state index contributed by atoms with van der Waals surface area (Å²) in [5.41, 5.74) is 10.9. The highest BCUT2D eigenvalue weighted by molar-refractivity contribution is 9.10. The molecule has 7 aromatic rings. The molecule has 0 aliphatic carbocycles. The van der Waals surface area contributed by atoms with Crippen LogP contribution >= 0.6 is 15.9 Å². The highest BCUT2D eigenvalue weighted by Gasteiger charge is 2.15. The monoisotopic (exact) mass is 549 g/mol. The van der Waals surface area contributed by atoms with Crippen molar-refractivity contribution in [3.05, 3.63) is 150 Å². The molecule has 0 saturated heterocycles. The summed E-state index contributed by atoms with van der Waals surface area (Å²) in [5.74, 6) is 0. The molecule has 0 spiro atoms. The van der Waals surface area contributed by atoms with Crippen LogP contribution in [0.1, 0.15) is 0 Å². The minimum absolute atomic E-state index is 1.09. The fourth-order valence-corrected chi connectivity index (χ4v) is 5.73. The minimum Gasteiger partial charge on any atom is -0.309 e. The lowest BCUT2D eigenvalue weighted by Crippen LogP contribution is -1.93. The Bertz CT molecular complexity index is 1900. The molecule has 0 atom stereocenters. The Labute approximate surface area is 230 Å². The van der Waals surface area contributed by atoms with Gasteiger partial charge >= 0.3 is 0 Å². The van der Waals surface area contributed by atoms with Gasteiger partial charge in [0.25, 0.3) is 0 Å². The molecule has 0 amide bonds. The van der Waals surface area contributed by atoms with Crippen molar-refractivity contribution in [3.8, 4) is 39.1 Å². The van der Waals surface area contributed by atoms with Gasteiger partial charge in [-0.1, -0.05) is 119 Å². The second kappa shape index (κ2) is 9.48. The number of aromatic nitrogens is 1. The lowest BCUT2D eigenvalue weighted by molar-refractivity contribution is 1.18. The van der Waals surface area contributed by atoms with E-state index in [2.05, 4.69) is 166 Å². The van der Waals surface area contributed by atoms with Crippen molar-refractivity contribution in [1.29, 1.82) is 0 Å². The van der Waals surface area contributed by atoms with Crippen molar-refractivity contribution in [2.45, 2.75) is 0 Å². The van der Waals surface area contributed by atoms with Gasteiger partial charge in [-0.2, -0.15) is 0 Å². The molecule has 1 aromatic heterocycles. The van der Waals surface area contributed by atoms with Crippen molar-refractivity contribution in [3.63, 3.8) is 0 Å². The van der Waals surface area contributed by atoms with Gasteiger partial charge in [0.2, 0.25) is 0 Å². The molecule has 0 bridgehead atoms. The first kappa shape index (κ1) is 22.8. The van der Waals surface area contributed by atoms with Gasteiger partial charge in [-0.3, -0.25) is 0 Å². The van der Waals surface area contributed by atoms with Gasteiger partial charge in [-0.05, 0) is 75.8 Å². The van der Waals surface area contributed by atoms with Crippen LogP contribution < -0.4 is 0 Å². The highest BCUT2D eigenvalue weighted by Crippen LogP contribution is 2.39. The van der Waals surface area contributed by atoms with Crippen LogP contribution in [0.3, 0.4) is 0 Å². The van der Waals surface area contributed by atoms with Crippen molar-refractivity contribution in [1.82, 2.24) is 4.57 Å². The lowest BCUT2D eigenvalue weighted by atomic mass is 9.94. The number of halogens is 1. The van der Waals surface area contributed by atoms with Crippen LogP contribution in [0.15, 0.2) is 150 Å². The number of rotatable bonds is 4. The molecule has 38 heavy (non-hydrogen) atoms. The van der Waals surface area contributed by atoms with Crippen molar-refractivity contribution < 1.29 is 0 Å². The van der Waals surface area contributed by atoms with E-state index in [-0.39, 0.29) is 0 Å². The van der Waals surface area contributed by atoms with E-state index >= 15 is 0 Å². The predicted octanol–water partition coefficient (Wildman–Crippen LogP) is 10.5. The molecular formula is C36H24BrN. The number of hydrogen-bond acceptors (Lipinski definition) is 0. The van der Waals surface area contributed by atoms with Gasteiger partial charge in [0.1, 0.15) is 0 Å². The number of hydrogen-bond donors (Lipinski definition) is 0. The maximum atomic E-state index is 3.57. The zero-order chi connectivity index (χ0) is 25.5. The molecule has 0 radical (unpaired) electrons. The van der Waals surface area contributed by atoms with Crippen molar-refractivity contribution in [2.75, 3.05) is 0 Å². The molecule has 0 fully saturated rings. The smallest absolute Gasteiger partial charge is 0.0547 e. The highest BCUT2D eigenvalue weighted by atomic mass is 79.9. The summed E-state index contributed by atoms with van der Waals surface area (Å²) >= 11 is 3.57.